The minimum atomic E-state index is -0.118. The van der Waals surface area contributed by atoms with Gasteiger partial charge >= 0.3 is 0 Å². The van der Waals surface area contributed by atoms with Crippen molar-refractivity contribution in [2.45, 2.75) is 58.0 Å². The number of carbonyl (C=O) groups excluding carboxylic acids is 2. The van der Waals surface area contributed by atoms with Gasteiger partial charge in [0.05, 0.1) is 5.92 Å². The highest BCUT2D eigenvalue weighted by Crippen LogP contribution is 2.32. The second-order valence-corrected chi connectivity index (χ2v) is 7.45. The number of amides is 2. The summed E-state index contributed by atoms with van der Waals surface area (Å²) in [5.41, 5.74) is 0. The van der Waals surface area contributed by atoms with Crippen LogP contribution in [0.4, 0.5) is 0 Å². The summed E-state index contributed by atoms with van der Waals surface area (Å²) in [5, 5.41) is 3.31. The molecule has 3 fully saturated rings. The molecule has 2 aliphatic heterocycles. The van der Waals surface area contributed by atoms with E-state index in [1.165, 1.54) is 12.8 Å². The van der Waals surface area contributed by atoms with Crippen LogP contribution in [-0.4, -0.2) is 59.9 Å². The smallest absolute Gasteiger partial charge is 0.228 e. The van der Waals surface area contributed by atoms with Crippen molar-refractivity contribution in [2.24, 2.45) is 11.8 Å². The van der Waals surface area contributed by atoms with Gasteiger partial charge in [0.25, 0.3) is 0 Å². The van der Waals surface area contributed by atoms with Crippen LogP contribution in [0.1, 0.15) is 46.0 Å². The van der Waals surface area contributed by atoms with Crippen LogP contribution in [0.5, 0.6) is 0 Å². The minimum absolute atomic E-state index is 0.118. The Morgan fingerprint density at radius 1 is 1.18 bits per heavy atom. The van der Waals surface area contributed by atoms with E-state index in [1.807, 2.05) is 9.80 Å². The fourth-order valence-electron chi connectivity index (χ4n) is 4.21. The predicted molar refractivity (Wildman–Crippen MR) is 85.3 cm³/mol. The predicted octanol–water partition coefficient (Wildman–Crippen LogP) is 1.23. The van der Waals surface area contributed by atoms with Crippen molar-refractivity contribution in [3.63, 3.8) is 0 Å². The first-order valence-electron chi connectivity index (χ1n) is 8.87. The molecule has 2 amide bonds. The molecular weight excluding hydrogens is 278 g/mol. The summed E-state index contributed by atoms with van der Waals surface area (Å²) in [6, 6.07) is 0.614. The monoisotopic (exact) mass is 307 g/mol. The summed E-state index contributed by atoms with van der Waals surface area (Å²) in [6.07, 6.45) is 5.06. The Morgan fingerprint density at radius 3 is 2.59 bits per heavy atom. The lowest BCUT2D eigenvalue weighted by Crippen LogP contribution is -2.54. The zero-order valence-electron chi connectivity index (χ0n) is 13.9. The molecule has 2 atom stereocenters. The average Bonchev–Trinajstić information content (AvgIpc) is 2.90. The maximum absolute atomic E-state index is 12.8. The molecule has 0 aromatic carbocycles. The Bertz CT molecular complexity index is 432. The average molecular weight is 307 g/mol. The number of likely N-dealkylation sites (tertiary alicyclic amines) is 1. The SMILES string of the molecule is CC1CCC(N2CC(C(=O)N3CCNCC3C)CC2=O)CC1. The summed E-state index contributed by atoms with van der Waals surface area (Å²) < 4.78 is 0. The third kappa shape index (κ3) is 3.14. The van der Waals surface area contributed by atoms with Crippen LogP contribution in [0.15, 0.2) is 0 Å². The van der Waals surface area contributed by atoms with Crippen LogP contribution in [0.25, 0.3) is 0 Å². The van der Waals surface area contributed by atoms with E-state index in [-0.39, 0.29) is 23.8 Å². The first-order chi connectivity index (χ1) is 10.6. The van der Waals surface area contributed by atoms with Crippen molar-refractivity contribution in [3.05, 3.63) is 0 Å². The van der Waals surface area contributed by atoms with E-state index in [9.17, 15) is 9.59 Å². The van der Waals surface area contributed by atoms with Gasteiger partial charge in [0, 0.05) is 44.7 Å². The van der Waals surface area contributed by atoms with Crippen LogP contribution in [0.3, 0.4) is 0 Å². The van der Waals surface area contributed by atoms with Crippen LogP contribution in [-0.2, 0) is 9.59 Å². The molecule has 1 saturated carbocycles. The van der Waals surface area contributed by atoms with Gasteiger partial charge in [-0.05, 0) is 38.5 Å². The third-order valence-corrected chi connectivity index (χ3v) is 5.72. The van der Waals surface area contributed by atoms with Crippen LogP contribution < -0.4 is 5.32 Å². The number of nitrogens with zero attached hydrogens (tertiary/aromatic N) is 2. The van der Waals surface area contributed by atoms with Gasteiger partial charge < -0.3 is 15.1 Å². The molecule has 5 heteroatoms. The Balaban J connectivity index is 1.60. The van der Waals surface area contributed by atoms with Crippen molar-refractivity contribution >= 4 is 11.8 Å². The normalized spacial score (nSPS) is 36.7. The highest BCUT2D eigenvalue weighted by Gasteiger charge is 2.41. The zero-order valence-corrected chi connectivity index (χ0v) is 13.9. The molecule has 1 N–H and O–H groups in total. The van der Waals surface area contributed by atoms with Gasteiger partial charge in [-0.25, -0.2) is 0 Å². The molecule has 0 spiro atoms. The number of piperazine rings is 1. The molecule has 2 saturated heterocycles. The molecule has 1 aliphatic carbocycles. The van der Waals surface area contributed by atoms with Gasteiger partial charge in [0.15, 0.2) is 0 Å². The van der Waals surface area contributed by atoms with Crippen molar-refractivity contribution in [2.75, 3.05) is 26.2 Å². The fraction of sp³-hybridized carbons (Fsp3) is 0.882. The lowest BCUT2D eigenvalue weighted by atomic mass is 9.86. The minimum Gasteiger partial charge on any atom is -0.339 e. The van der Waals surface area contributed by atoms with Crippen molar-refractivity contribution in [3.8, 4) is 0 Å². The third-order valence-electron chi connectivity index (χ3n) is 5.72. The van der Waals surface area contributed by atoms with Gasteiger partial charge in [-0.2, -0.15) is 0 Å². The molecule has 0 aromatic heterocycles. The second-order valence-electron chi connectivity index (χ2n) is 7.45. The Morgan fingerprint density at radius 2 is 1.91 bits per heavy atom. The molecule has 2 unspecified atom stereocenters. The quantitative estimate of drug-likeness (QED) is 0.835. The molecule has 2 heterocycles. The maximum Gasteiger partial charge on any atom is 0.228 e. The molecule has 3 aliphatic rings. The number of carbonyl (C=O) groups is 2. The molecule has 0 radical (unpaired) electrons. The lowest BCUT2D eigenvalue weighted by molar-refractivity contribution is -0.138. The Kier molecular flexibility index (Phi) is 4.71. The van der Waals surface area contributed by atoms with E-state index < -0.39 is 0 Å². The highest BCUT2D eigenvalue weighted by atomic mass is 16.2. The van der Waals surface area contributed by atoms with E-state index in [2.05, 4.69) is 19.2 Å². The topological polar surface area (TPSA) is 52.7 Å². The molecule has 0 aromatic rings. The molecule has 0 bridgehead atoms. The first-order valence-corrected chi connectivity index (χ1v) is 8.87. The number of rotatable bonds is 2. The van der Waals surface area contributed by atoms with Gasteiger partial charge in [0.2, 0.25) is 11.8 Å². The van der Waals surface area contributed by atoms with Crippen LogP contribution in [0, 0.1) is 11.8 Å². The maximum atomic E-state index is 12.8. The number of hydrogen-bond donors (Lipinski definition) is 1. The van der Waals surface area contributed by atoms with Crippen LogP contribution >= 0.6 is 0 Å². The zero-order chi connectivity index (χ0) is 15.7. The van der Waals surface area contributed by atoms with E-state index in [1.54, 1.807) is 0 Å². The summed E-state index contributed by atoms with van der Waals surface area (Å²) in [5.74, 6) is 1.05. The highest BCUT2D eigenvalue weighted by molar-refractivity contribution is 5.89. The lowest BCUT2D eigenvalue weighted by Gasteiger charge is -2.36. The van der Waals surface area contributed by atoms with Crippen molar-refractivity contribution in [1.29, 1.82) is 0 Å². The standard InChI is InChI=1S/C17H29N3O2/c1-12-3-5-15(6-4-12)20-11-14(9-16(20)21)17(22)19-8-7-18-10-13(19)2/h12-15,18H,3-11H2,1-2H3. The van der Waals surface area contributed by atoms with E-state index >= 15 is 0 Å². The summed E-state index contributed by atoms with van der Waals surface area (Å²) in [4.78, 5) is 29.1. The van der Waals surface area contributed by atoms with Crippen molar-refractivity contribution in [1.82, 2.24) is 15.1 Å². The second kappa shape index (κ2) is 6.57. The van der Waals surface area contributed by atoms with Crippen LogP contribution in [0.2, 0.25) is 0 Å². The van der Waals surface area contributed by atoms with Gasteiger partial charge in [-0.15, -0.1) is 0 Å². The summed E-state index contributed by atoms with van der Waals surface area (Å²) in [6.45, 7) is 7.51. The largest absolute Gasteiger partial charge is 0.339 e. The van der Waals surface area contributed by atoms with Gasteiger partial charge in [-0.3, -0.25) is 9.59 Å². The Hall–Kier alpha value is -1.10. The molecule has 124 valence electrons. The van der Waals surface area contributed by atoms with E-state index in [0.29, 0.717) is 19.0 Å². The summed E-state index contributed by atoms with van der Waals surface area (Å²) in [7, 11) is 0. The Labute approximate surface area is 133 Å². The molecule has 22 heavy (non-hydrogen) atoms. The van der Waals surface area contributed by atoms with Crippen molar-refractivity contribution < 1.29 is 9.59 Å². The van der Waals surface area contributed by atoms with E-state index in [4.69, 9.17) is 0 Å². The first kappa shape index (κ1) is 15.8. The molecule has 3 rings (SSSR count). The number of hydrogen-bond acceptors (Lipinski definition) is 3. The molecule has 5 nitrogen and oxygen atoms in total. The fourth-order valence-corrected chi connectivity index (χ4v) is 4.21. The summed E-state index contributed by atoms with van der Waals surface area (Å²) >= 11 is 0. The van der Waals surface area contributed by atoms with Gasteiger partial charge in [-0.1, -0.05) is 6.92 Å². The van der Waals surface area contributed by atoms with E-state index in [0.717, 1.165) is 38.4 Å². The molecular formula is C17H29N3O2. The van der Waals surface area contributed by atoms with Gasteiger partial charge in [0.1, 0.15) is 0 Å². The number of nitrogens with one attached hydrogen (secondary N) is 1.